The van der Waals surface area contributed by atoms with Gasteiger partial charge in [0.15, 0.2) is 12.4 Å². The number of carbonyl (C=O) groups is 4. The third kappa shape index (κ3) is 5.14. The first kappa shape index (κ1) is 22.6. The molecule has 1 aliphatic heterocycles. The lowest BCUT2D eigenvalue weighted by molar-refractivity contribution is -0.151. The Balaban J connectivity index is 1.55. The molecule has 0 spiro atoms. The Bertz CT molecular complexity index is 1010. The van der Waals surface area contributed by atoms with Crippen LogP contribution in [0.25, 0.3) is 0 Å². The molecule has 1 fully saturated rings. The van der Waals surface area contributed by atoms with Crippen molar-refractivity contribution in [3.05, 3.63) is 35.6 Å². The van der Waals surface area contributed by atoms with Gasteiger partial charge < -0.3 is 24.1 Å². The first-order valence-electron chi connectivity index (χ1n) is 9.54. The van der Waals surface area contributed by atoms with Crippen LogP contribution in [0, 0.1) is 12.8 Å². The standard InChI is InChI=1S/C20H22N4O8/c1-11-7-15(23-32-11)21-16(25)10-31-20(28)12-8-17(26)24(9-12)22-19(27)18-13(29-2)5-4-6-14(18)30-3/h4-7,12H,8-10H2,1-3H3,(H,22,27)(H,21,23,25)/t12-/m1/s1. The Morgan fingerprint density at radius 1 is 1.22 bits per heavy atom. The third-order valence-electron chi connectivity index (χ3n) is 4.59. The molecule has 170 valence electrons. The van der Waals surface area contributed by atoms with Gasteiger partial charge in [-0.3, -0.25) is 29.6 Å². The van der Waals surface area contributed by atoms with Crippen LogP contribution in [0.2, 0.25) is 0 Å². The molecular weight excluding hydrogens is 424 g/mol. The minimum atomic E-state index is -0.843. The van der Waals surface area contributed by atoms with Gasteiger partial charge in [0.05, 0.1) is 26.7 Å². The lowest BCUT2D eigenvalue weighted by Crippen LogP contribution is -2.43. The molecule has 0 radical (unpaired) electrons. The van der Waals surface area contributed by atoms with E-state index in [1.807, 2.05) is 0 Å². The molecule has 0 unspecified atom stereocenters. The van der Waals surface area contributed by atoms with Gasteiger partial charge in [0, 0.05) is 12.5 Å². The molecule has 1 aromatic heterocycles. The van der Waals surface area contributed by atoms with E-state index in [0.29, 0.717) is 5.76 Å². The smallest absolute Gasteiger partial charge is 0.311 e. The van der Waals surface area contributed by atoms with E-state index in [2.05, 4.69) is 15.9 Å². The number of methoxy groups -OCH3 is 2. The van der Waals surface area contributed by atoms with Crippen LogP contribution >= 0.6 is 0 Å². The van der Waals surface area contributed by atoms with E-state index >= 15 is 0 Å². The highest BCUT2D eigenvalue weighted by molar-refractivity contribution is 6.01. The van der Waals surface area contributed by atoms with Gasteiger partial charge in [-0.2, -0.15) is 0 Å². The second-order valence-electron chi connectivity index (χ2n) is 6.86. The fourth-order valence-corrected chi connectivity index (χ4v) is 3.09. The topological polar surface area (TPSA) is 149 Å². The number of aromatic nitrogens is 1. The molecule has 2 N–H and O–H groups in total. The van der Waals surface area contributed by atoms with Crippen molar-refractivity contribution in [2.24, 2.45) is 5.92 Å². The Hall–Kier alpha value is -4.09. The number of esters is 1. The predicted octanol–water partition coefficient (Wildman–Crippen LogP) is 0.675. The number of rotatable bonds is 8. The molecule has 0 aliphatic carbocycles. The van der Waals surface area contributed by atoms with Gasteiger partial charge in [0.25, 0.3) is 11.8 Å². The Labute approximate surface area is 182 Å². The monoisotopic (exact) mass is 446 g/mol. The van der Waals surface area contributed by atoms with E-state index in [4.69, 9.17) is 18.7 Å². The summed E-state index contributed by atoms with van der Waals surface area (Å²) in [6.07, 6.45) is -0.174. The number of anilines is 1. The van der Waals surface area contributed by atoms with E-state index in [-0.39, 0.29) is 35.8 Å². The minimum absolute atomic E-state index is 0.106. The van der Waals surface area contributed by atoms with E-state index < -0.39 is 36.2 Å². The SMILES string of the molecule is COc1cccc(OC)c1C(=O)NN1C[C@H](C(=O)OCC(=O)Nc2cc(C)on2)CC1=O. The van der Waals surface area contributed by atoms with Crippen LogP contribution in [0.4, 0.5) is 5.82 Å². The molecule has 3 rings (SSSR count). The summed E-state index contributed by atoms with van der Waals surface area (Å²) in [6, 6.07) is 6.32. The number of ether oxygens (including phenoxy) is 3. The number of hydrogen-bond donors (Lipinski definition) is 2. The van der Waals surface area contributed by atoms with Gasteiger partial charge >= 0.3 is 5.97 Å². The van der Waals surface area contributed by atoms with Crippen molar-refractivity contribution in [3.8, 4) is 11.5 Å². The summed E-state index contributed by atoms with van der Waals surface area (Å²) in [5.74, 6) is -2.07. The fourth-order valence-electron chi connectivity index (χ4n) is 3.09. The summed E-state index contributed by atoms with van der Waals surface area (Å²) in [5.41, 5.74) is 2.57. The zero-order chi connectivity index (χ0) is 23.3. The van der Waals surface area contributed by atoms with Gasteiger partial charge in [-0.05, 0) is 19.1 Å². The van der Waals surface area contributed by atoms with Crippen LogP contribution in [0.1, 0.15) is 22.5 Å². The molecule has 1 atom stereocenters. The molecule has 2 heterocycles. The summed E-state index contributed by atoms with van der Waals surface area (Å²) in [4.78, 5) is 49.2. The van der Waals surface area contributed by atoms with Crippen LogP contribution in [-0.4, -0.2) is 61.2 Å². The van der Waals surface area contributed by atoms with Crippen molar-refractivity contribution < 1.29 is 37.9 Å². The largest absolute Gasteiger partial charge is 0.496 e. The molecule has 32 heavy (non-hydrogen) atoms. The number of carbonyl (C=O) groups excluding carboxylic acids is 4. The van der Waals surface area contributed by atoms with E-state index in [0.717, 1.165) is 5.01 Å². The second-order valence-corrected chi connectivity index (χ2v) is 6.86. The summed E-state index contributed by atoms with van der Waals surface area (Å²) >= 11 is 0. The average molecular weight is 446 g/mol. The molecule has 1 aromatic carbocycles. The zero-order valence-electron chi connectivity index (χ0n) is 17.7. The summed E-state index contributed by atoms with van der Waals surface area (Å²) in [5, 5.41) is 7.04. The Morgan fingerprint density at radius 2 is 1.91 bits per heavy atom. The van der Waals surface area contributed by atoms with E-state index in [9.17, 15) is 19.2 Å². The number of hydrogen-bond acceptors (Lipinski definition) is 9. The fraction of sp³-hybridized carbons (Fsp3) is 0.350. The maximum absolute atomic E-state index is 12.7. The highest BCUT2D eigenvalue weighted by Crippen LogP contribution is 2.28. The molecule has 1 aliphatic rings. The zero-order valence-corrected chi connectivity index (χ0v) is 17.7. The molecule has 3 amide bonds. The van der Waals surface area contributed by atoms with Gasteiger partial charge in [0.2, 0.25) is 5.91 Å². The summed E-state index contributed by atoms with van der Waals surface area (Å²) in [6.45, 7) is 0.999. The highest BCUT2D eigenvalue weighted by Gasteiger charge is 2.37. The van der Waals surface area contributed by atoms with Crippen molar-refractivity contribution in [2.75, 3.05) is 32.7 Å². The number of nitrogens with one attached hydrogen (secondary N) is 2. The van der Waals surface area contributed by atoms with Gasteiger partial charge in [-0.15, -0.1) is 0 Å². The minimum Gasteiger partial charge on any atom is -0.496 e. The molecule has 1 saturated heterocycles. The highest BCUT2D eigenvalue weighted by atomic mass is 16.5. The van der Waals surface area contributed by atoms with Crippen molar-refractivity contribution in [2.45, 2.75) is 13.3 Å². The Kier molecular flexibility index (Phi) is 6.93. The maximum Gasteiger partial charge on any atom is 0.311 e. The number of amides is 3. The summed E-state index contributed by atoms with van der Waals surface area (Å²) in [7, 11) is 2.80. The van der Waals surface area contributed by atoms with E-state index in [1.165, 1.54) is 20.3 Å². The van der Waals surface area contributed by atoms with Crippen LogP contribution in [-0.2, 0) is 19.1 Å². The third-order valence-corrected chi connectivity index (χ3v) is 4.59. The lowest BCUT2D eigenvalue weighted by atomic mass is 10.1. The van der Waals surface area contributed by atoms with Gasteiger partial charge in [0.1, 0.15) is 22.8 Å². The first-order valence-corrected chi connectivity index (χ1v) is 9.54. The second kappa shape index (κ2) is 9.81. The van der Waals surface area contributed by atoms with Crippen LogP contribution in [0.5, 0.6) is 11.5 Å². The number of nitrogens with zero attached hydrogens (tertiary/aromatic N) is 2. The predicted molar refractivity (Wildman–Crippen MR) is 108 cm³/mol. The van der Waals surface area contributed by atoms with Gasteiger partial charge in [-0.25, -0.2) is 0 Å². The molecule has 12 heteroatoms. The average Bonchev–Trinajstić information content (AvgIpc) is 3.36. The maximum atomic E-state index is 12.7. The number of hydrazine groups is 1. The number of benzene rings is 1. The molecule has 12 nitrogen and oxygen atoms in total. The normalized spacial score (nSPS) is 15.3. The van der Waals surface area contributed by atoms with Crippen molar-refractivity contribution in [1.29, 1.82) is 0 Å². The number of aryl methyl sites for hydroxylation is 1. The molecular formula is C20H22N4O8. The molecule has 0 bridgehead atoms. The van der Waals surface area contributed by atoms with Crippen LogP contribution in [0.15, 0.2) is 28.8 Å². The van der Waals surface area contributed by atoms with Gasteiger partial charge in [-0.1, -0.05) is 11.2 Å². The first-order chi connectivity index (χ1) is 15.3. The van der Waals surface area contributed by atoms with Crippen molar-refractivity contribution >= 4 is 29.5 Å². The van der Waals surface area contributed by atoms with Crippen LogP contribution < -0.4 is 20.2 Å². The molecule has 0 saturated carbocycles. The van der Waals surface area contributed by atoms with Crippen molar-refractivity contribution in [1.82, 2.24) is 15.6 Å². The molecule has 2 aromatic rings. The van der Waals surface area contributed by atoms with E-state index in [1.54, 1.807) is 25.1 Å². The van der Waals surface area contributed by atoms with Crippen molar-refractivity contribution in [3.63, 3.8) is 0 Å². The lowest BCUT2D eigenvalue weighted by Gasteiger charge is -2.19. The Morgan fingerprint density at radius 3 is 2.50 bits per heavy atom. The summed E-state index contributed by atoms with van der Waals surface area (Å²) < 4.78 is 20.2. The quantitative estimate of drug-likeness (QED) is 0.558. The van der Waals surface area contributed by atoms with Crippen LogP contribution in [0.3, 0.4) is 0 Å².